The summed E-state index contributed by atoms with van der Waals surface area (Å²) in [6, 6.07) is 11.7. The summed E-state index contributed by atoms with van der Waals surface area (Å²) in [5.74, 6) is -2.63. The van der Waals surface area contributed by atoms with Crippen molar-refractivity contribution in [3.8, 4) is 0 Å². The van der Waals surface area contributed by atoms with E-state index in [0.29, 0.717) is 30.4 Å². The van der Waals surface area contributed by atoms with Crippen LogP contribution in [0.1, 0.15) is 92.1 Å². The number of imide groups is 1. The number of likely N-dealkylation sites (N-methyl/N-ethyl adjacent to an activating group) is 1. The summed E-state index contributed by atoms with van der Waals surface area (Å²) < 4.78 is 12.1. The number of carbonyl (C=O) groups is 6. The molecular formula is C49H74N8O9. The van der Waals surface area contributed by atoms with E-state index in [4.69, 9.17) is 19.3 Å². The minimum Gasteiger partial charge on any atom is -0.379 e. The number of benzene rings is 2. The first-order chi connectivity index (χ1) is 31.3. The first-order valence-electron chi connectivity index (χ1n) is 23.1. The first-order valence-corrected chi connectivity index (χ1v) is 23.1. The number of carbonyl (C=O) groups excluding carboxylic acids is 6. The van der Waals surface area contributed by atoms with Crippen LogP contribution in [0.25, 0.3) is 0 Å². The lowest BCUT2D eigenvalue weighted by Gasteiger charge is -2.40. The summed E-state index contributed by atoms with van der Waals surface area (Å²) in [6.07, 6.45) is 0.873. The quantitative estimate of drug-likeness (QED) is 0.0759. The second kappa shape index (κ2) is 24.4. The highest BCUT2D eigenvalue weighted by molar-refractivity contribution is 6.20. The molecule has 0 aliphatic carbocycles. The van der Waals surface area contributed by atoms with Gasteiger partial charge in [0.15, 0.2) is 5.96 Å². The summed E-state index contributed by atoms with van der Waals surface area (Å²) in [6.45, 7) is 11.8. The average molecular weight is 919 g/mol. The SMILES string of the molecule is CC[C@H](C)[C@@H]([C@@H](CC(=O)N1CCC[C@H]1[C@H](OC)[C@@H](C)C(=O)N[C@@H](Cc1ccccc1)C(=O)NCCON1C(=O)c2ccc(C)cc2C1=O)OC)N(C)C(=O)[C@@H](N=C(N(C)C)N(C)C)C(C)C. The number of methoxy groups -OCH3 is 2. The number of nitrogens with one attached hydrogen (secondary N) is 2. The van der Waals surface area contributed by atoms with Gasteiger partial charge in [-0.05, 0) is 49.3 Å². The van der Waals surface area contributed by atoms with Gasteiger partial charge in [0.1, 0.15) is 12.1 Å². The molecule has 66 heavy (non-hydrogen) atoms. The van der Waals surface area contributed by atoms with E-state index in [2.05, 4.69) is 24.5 Å². The van der Waals surface area contributed by atoms with E-state index in [1.54, 1.807) is 49.1 Å². The van der Waals surface area contributed by atoms with E-state index < -0.39 is 65.9 Å². The zero-order valence-corrected chi connectivity index (χ0v) is 41.3. The Labute approximate surface area is 391 Å². The zero-order valence-electron chi connectivity index (χ0n) is 41.3. The highest BCUT2D eigenvalue weighted by atomic mass is 16.7. The van der Waals surface area contributed by atoms with Crippen LogP contribution in [-0.4, -0.2) is 172 Å². The lowest BCUT2D eigenvalue weighted by molar-refractivity contribution is -0.146. The van der Waals surface area contributed by atoms with Crippen molar-refractivity contribution >= 4 is 41.4 Å². The van der Waals surface area contributed by atoms with E-state index >= 15 is 0 Å². The standard InChI is InChI=1S/C49H74N8O9/c1-14-32(5)42(55(11)48(63)41(30(2)3)52-49(53(7)8)54(9)10)39(64-12)29-40(58)56-25-18-21-38(56)43(65-13)33(6)44(59)51-37(28-34-19-16-15-17-20-34)45(60)50-24-26-66-57-46(61)35-23-22-31(4)27-36(35)47(57)62/h15-17,19-20,22-23,27,30,32-33,37-39,41-43H,14,18,21,24-26,28-29H2,1-13H3,(H,50,60)(H,51,59)/t32-,33+,37-,38-,39+,41-,42-,43+/m0/s1. The third kappa shape index (κ3) is 12.9. The van der Waals surface area contributed by atoms with E-state index in [1.165, 1.54) is 7.11 Å². The molecule has 364 valence electrons. The molecule has 1 saturated heterocycles. The van der Waals surface area contributed by atoms with E-state index in [-0.39, 0.29) is 60.8 Å². The molecule has 2 heterocycles. The molecule has 0 bridgehead atoms. The fourth-order valence-corrected chi connectivity index (χ4v) is 9.01. The van der Waals surface area contributed by atoms with Gasteiger partial charge >= 0.3 is 0 Å². The molecule has 2 aliphatic heterocycles. The van der Waals surface area contributed by atoms with Gasteiger partial charge in [0, 0.05) is 69.0 Å². The van der Waals surface area contributed by atoms with Crippen LogP contribution >= 0.6 is 0 Å². The summed E-state index contributed by atoms with van der Waals surface area (Å²) in [5, 5.41) is 6.42. The summed E-state index contributed by atoms with van der Waals surface area (Å²) in [7, 11) is 12.4. The average Bonchev–Trinajstić information content (AvgIpc) is 3.86. The van der Waals surface area contributed by atoms with Gasteiger partial charge in [-0.25, -0.2) is 4.99 Å². The molecule has 1 fully saturated rings. The molecule has 0 spiro atoms. The molecule has 2 aromatic rings. The number of likely N-dealkylation sites (tertiary alicyclic amines) is 1. The van der Waals surface area contributed by atoms with Gasteiger partial charge in [0.05, 0.1) is 54.4 Å². The van der Waals surface area contributed by atoms with Crippen LogP contribution in [0.3, 0.4) is 0 Å². The number of ether oxygens (including phenoxy) is 2. The van der Waals surface area contributed by atoms with Crippen LogP contribution in [0.4, 0.5) is 0 Å². The number of rotatable bonds is 22. The Hall–Kier alpha value is -5.39. The van der Waals surface area contributed by atoms with Gasteiger partial charge in [-0.15, -0.1) is 5.06 Å². The lowest BCUT2D eigenvalue weighted by Crippen LogP contribution is -2.55. The number of nitrogens with zero attached hydrogens (tertiary/aromatic N) is 6. The van der Waals surface area contributed by atoms with Crippen LogP contribution in [0, 0.1) is 24.7 Å². The number of guanidine groups is 1. The number of aryl methyl sites for hydroxylation is 1. The maximum Gasteiger partial charge on any atom is 0.285 e. The number of aliphatic imine (C=N–C) groups is 1. The number of amides is 6. The highest BCUT2D eigenvalue weighted by Gasteiger charge is 2.43. The Balaban J connectivity index is 1.46. The van der Waals surface area contributed by atoms with Crippen LogP contribution in [0.2, 0.25) is 0 Å². The second-order valence-electron chi connectivity index (χ2n) is 18.3. The molecule has 0 radical (unpaired) electrons. The predicted octanol–water partition coefficient (Wildman–Crippen LogP) is 3.79. The van der Waals surface area contributed by atoms with Gasteiger partial charge in [0.2, 0.25) is 23.6 Å². The van der Waals surface area contributed by atoms with Crippen molar-refractivity contribution in [1.29, 1.82) is 0 Å². The fraction of sp³-hybridized carbons (Fsp3) is 0.612. The van der Waals surface area contributed by atoms with Crippen molar-refractivity contribution < 1.29 is 43.1 Å². The number of hydrogen-bond acceptors (Lipinski definition) is 10. The summed E-state index contributed by atoms with van der Waals surface area (Å²) >= 11 is 0. The number of fused-ring (bicyclic) bond motifs is 1. The van der Waals surface area contributed by atoms with Crippen molar-refractivity contribution in [3.05, 3.63) is 70.8 Å². The molecule has 6 amide bonds. The van der Waals surface area contributed by atoms with Crippen molar-refractivity contribution in [2.24, 2.45) is 22.7 Å². The minimum absolute atomic E-state index is 0.00260. The Morgan fingerprint density at radius 1 is 0.879 bits per heavy atom. The minimum atomic E-state index is -0.999. The van der Waals surface area contributed by atoms with Gasteiger partial charge in [-0.1, -0.05) is 83.0 Å². The molecule has 8 atom stereocenters. The Bertz CT molecular complexity index is 2020. The van der Waals surface area contributed by atoms with Gasteiger partial charge < -0.3 is 39.7 Å². The molecule has 2 aliphatic rings. The van der Waals surface area contributed by atoms with Crippen molar-refractivity contribution in [3.63, 3.8) is 0 Å². The maximum atomic E-state index is 14.4. The monoisotopic (exact) mass is 919 g/mol. The van der Waals surface area contributed by atoms with Gasteiger partial charge in [0.25, 0.3) is 11.8 Å². The van der Waals surface area contributed by atoms with E-state index in [1.807, 2.05) is 89.1 Å². The Kier molecular flexibility index (Phi) is 19.7. The van der Waals surface area contributed by atoms with Crippen LogP contribution < -0.4 is 10.6 Å². The Morgan fingerprint density at radius 2 is 1.53 bits per heavy atom. The van der Waals surface area contributed by atoms with Gasteiger partial charge in [-0.3, -0.25) is 33.6 Å². The van der Waals surface area contributed by atoms with Crippen molar-refractivity contribution in [2.75, 3.05) is 69.2 Å². The number of hydroxylamine groups is 2. The fourth-order valence-electron chi connectivity index (χ4n) is 9.01. The molecule has 2 aromatic carbocycles. The zero-order chi connectivity index (χ0) is 49.0. The maximum absolute atomic E-state index is 14.4. The van der Waals surface area contributed by atoms with E-state index in [9.17, 15) is 28.8 Å². The third-order valence-corrected chi connectivity index (χ3v) is 12.7. The number of hydrogen-bond donors (Lipinski definition) is 2. The third-order valence-electron chi connectivity index (χ3n) is 12.7. The van der Waals surface area contributed by atoms with Gasteiger partial charge in [-0.2, -0.15) is 0 Å². The van der Waals surface area contributed by atoms with Crippen LogP contribution in [0.15, 0.2) is 53.5 Å². The first kappa shape index (κ1) is 53.2. The smallest absolute Gasteiger partial charge is 0.285 e. The largest absolute Gasteiger partial charge is 0.379 e. The van der Waals surface area contributed by atoms with E-state index in [0.717, 1.165) is 17.5 Å². The molecule has 17 heteroatoms. The summed E-state index contributed by atoms with van der Waals surface area (Å²) in [4.78, 5) is 100.0. The second-order valence-corrected chi connectivity index (χ2v) is 18.3. The summed E-state index contributed by atoms with van der Waals surface area (Å²) in [5.41, 5.74) is 2.15. The lowest BCUT2D eigenvalue weighted by atomic mass is 9.89. The molecular weight excluding hydrogens is 845 g/mol. The van der Waals surface area contributed by atoms with Crippen molar-refractivity contribution in [1.82, 2.24) is 35.3 Å². The molecule has 4 rings (SSSR count). The van der Waals surface area contributed by atoms with Crippen LogP contribution in [0.5, 0.6) is 0 Å². The molecule has 0 saturated carbocycles. The van der Waals surface area contributed by atoms with Crippen molar-refractivity contribution in [2.45, 2.75) is 110 Å². The highest BCUT2D eigenvalue weighted by Crippen LogP contribution is 2.30. The Morgan fingerprint density at radius 3 is 2.12 bits per heavy atom. The topological polar surface area (TPSA) is 183 Å². The normalized spacial score (nSPS) is 17.9. The molecule has 0 unspecified atom stereocenters. The predicted molar refractivity (Wildman–Crippen MR) is 252 cm³/mol. The van der Waals surface area contributed by atoms with Crippen LogP contribution in [-0.2, 0) is 39.9 Å². The molecule has 0 aromatic heterocycles. The molecule has 17 nitrogen and oxygen atoms in total. The molecule has 2 N–H and O–H groups in total.